The lowest BCUT2D eigenvalue weighted by Crippen LogP contribution is -2.16. The van der Waals surface area contributed by atoms with Crippen molar-refractivity contribution in [2.45, 2.75) is 26.7 Å². The number of aliphatic carboxylic acids is 1. The molecule has 1 rings (SSSR count). The molecule has 1 aromatic rings. The zero-order chi connectivity index (χ0) is 10.0. The van der Waals surface area contributed by atoms with Gasteiger partial charge in [0.1, 0.15) is 0 Å². The summed E-state index contributed by atoms with van der Waals surface area (Å²) in [5, 5.41) is 10.9. The molecule has 72 valence electrons. The zero-order valence-electron chi connectivity index (χ0n) is 8.07. The van der Waals surface area contributed by atoms with Gasteiger partial charge >= 0.3 is 5.97 Å². The van der Waals surface area contributed by atoms with E-state index in [-0.39, 0.29) is 11.8 Å². The summed E-state index contributed by atoms with van der Waals surface area (Å²) in [7, 11) is 0. The number of thiophene rings is 1. The Morgan fingerprint density at radius 1 is 1.54 bits per heavy atom. The van der Waals surface area contributed by atoms with Gasteiger partial charge in [0.05, 0.1) is 5.92 Å². The third-order valence-electron chi connectivity index (χ3n) is 2.45. The molecule has 0 aliphatic carbocycles. The molecule has 1 aromatic heterocycles. The molecule has 0 aliphatic rings. The topological polar surface area (TPSA) is 37.3 Å². The van der Waals surface area contributed by atoms with E-state index in [4.69, 9.17) is 5.11 Å². The minimum atomic E-state index is -0.722. The summed E-state index contributed by atoms with van der Waals surface area (Å²) >= 11 is 1.64. The van der Waals surface area contributed by atoms with Gasteiger partial charge in [-0.05, 0) is 23.9 Å². The standard InChI is InChI=1S/C10H14O2S/c1-6-4-5-13-9(6)7(2)8(3)10(11)12/h4-5,7-8H,1-3H3,(H,11,12). The molecule has 0 amide bonds. The summed E-state index contributed by atoms with van der Waals surface area (Å²) in [5.74, 6) is -0.921. The van der Waals surface area contributed by atoms with Gasteiger partial charge in [0.2, 0.25) is 0 Å². The maximum atomic E-state index is 10.8. The second kappa shape index (κ2) is 3.92. The second-order valence-corrected chi connectivity index (χ2v) is 4.33. The maximum absolute atomic E-state index is 10.8. The smallest absolute Gasteiger partial charge is 0.306 e. The van der Waals surface area contributed by atoms with Crippen LogP contribution in [0.5, 0.6) is 0 Å². The number of carbonyl (C=O) groups is 1. The molecule has 2 unspecified atom stereocenters. The average molecular weight is 198 g/mol. The van der Waals surface area contributed by atoms with Crippen molar-refractivity contribution in [3.8, 4) is 0 Å². The molecule has 3 heteroatoms. The molecule has 0 saturated carbocycles. The van der Waals surface area contributed by atoms with E-state index in [0.29, 0.717) is 0 Å². The van der Waals surface area contributed by atoms with E-state index < -0.39 is 5.97 Å². The van der Waals surface area contributed by atoms with Crippen LogP contribution >= 0.6 is 11.3 Å². The van der Waals surface area contributed by atoms with Crippen LogP contribution in [0.2, 0.25) is 0 Å². The highest BCUT2D eigenvalue weighted by molar-refractivity contribution is 7.10. The molecule has 0 fully saturated rings. The Hall–Kier alpha value is -0.830. The SMILES string of the molecule is Cc1ccsc1C(C)C(C)C(=O)O. The summed E-state index contributed by atoms with van der Waals surface area (Å²) in [6, 6.07) is 2.03. The zero-order valence-corrected chi connectivity index (χ0v) is 8.89. The maximum Gasteiger partial charge on any atom is 0.306 e. The first-order valence-electron chi connectivity index (χ1n) is 4.30. The van der Waals surface area contributed by atoms with Crippen LogP contribution in [-0.2, 0) is 4.79 Å². The fourth-order valence-electron chi connectivity index (χ4n) is 1.29. The first-order valence-corrected chi connectivity index (χ1v) is 5.18. The number of aryl methyl sites for hydroxylation is 1. The normalized spacial score (nSPS) is 15.3. The first-order chi connectivity index (χ1) is 6.04. The van der Waals surface area contributed by atoms with Crippen molar-refractivity contribution in [3.63, 3.8) is 0 Å². The first kappa shape index (κ1) is 10.3. The van der Waals surface area contributed by atoms with Crippen LogP contribution in [0.4, 0.5) is 0 Å². The van der Waals surface area contributed by atoms with Crippen molar-refractivity contribution in [3.05, 3.63) is 21.9 Å². The molecule has 0 radical (unpaired) electrons. The predicted molar refractivity (Wildman–Crippen MR) is 54.3 cm³/mol. The summed E-state index contributed by atoms with van der Waals surface area (Å²) < 4.78 is 0. The van der Waals surface area contributed by atoms with Crippen LogP contribution in [-0.4, -0.2) is 11.1 Å². The minimum absolute atomic E-state index is 0.109. The van der Waals surface area contributed by atoms with Gasteiger partial charge < -0.3 is 5.11 Å². The predicted octanol–water partition coefficient (Wildman–Crippen LogP) is 2.88. The Labute approximate surface area is 82.2 Å². The Bertz CT molecular complexity index is 304. The van der Waals surface area contributed by atoms with Gasteiger partial charge in [0.25, 0.3) is 0 Å². The molecule has 0 aliphatic heterocycles. The molecule has 0 bridgehead atoms. The van der Waals surface area contributed by atoms with Crippen molar-refractivity contribution < 1.29 is 9.90 Å². The average Bonchev–Trinajstić information content (AvgIpc) is 2.48. The summed E-state index contributed by atoms with van der Waals surface area (Å²) in [4.78, 5) is 11.9. The van der Waals surface area contributed by atoms with Crippen LogP contribution in [0.15, 0.2) is 11.4 Å². The van der Waals surface area contributed by atoms with Gasteiger partial charge in [0, 0.05) is 10.8 Å². The molecule has 0 aromatic carbocycles. The van der Waals surface area contributed by atoms with Crippen molar-refractivity contribution in [1.29, 1.82) is 0 Å². The third-order valence-corrected chi connectivity index (χ3v) is 3.67. The van der Waals surface area contributed by atoms with Crippen molar-refractivity contribution in [2.24, 2.45) is 5.92 Å². The number of carboxylic acid groups (broad SMARTS) is 1. The van der Waals surface area contributed by atoms with E-state index in [1.165, 1.54) is 10.4 Å². The van der Waals surface area contributed by atoms with E-state index in [1.54, 1.807) is 18.3 Å². The molecule has 1 heterocycles. The number of hydrogen-bond donors (Lipinski definition) is 1. The Morgan fingerprint density at radius 2 is 2.15 bits per heavy atom. The number of rotatable bonds is 3. The molecule has 1 N–H and O–H groups in total. The molecular formula is C10H14O2S. The third kappa shape index (κ3) is 2.10. The van der Waals surface area contributed by atoms with Crippen LogP contribution in [0.25, 0.3) is 0 Å². The number of carboxylic acids is 1. The van der Waals surface area contributed by atoms with Gasteiger partial charge in [0.15, 0.2) is 0 Å². The van der Waals surface area contributed by atoms with E-state index in [1.807, 2.05) is 25.3 Å². The fourth-order valence-corrected chi connectivity index (χ4v) is 2.38. The van der Waals surface area contributed by atoms with Crippen LogP contribution in [0.1, 0.15) is 30.2 Å². The fraction of sp³-hybridized carbons (Fsp3) is 0.500. The molecule has 0 spiro atoms. The Kier molecular flexibility index (Phi) is 3.09. The lowest BCUT2D eigenvalue weighted by Gasteiger charge is -2.15. The van der Waals surface area contributed by atoms with Gasteiger partial charge in [-0.15, -0.1) is 11.3 Å². The molecule has 2 atom stereocenters. The van der Waals surface area contributed by atoms with Crippen LogP contribution < -0.4 is 0 Å². The highest BCUT2D eigenvalue weighted by Gasteiger charge is 2.22. The summed E-state index contributed by atoms with van der Waals surface area (Å²) in [6.45, 7) is 5.75. The van der Waals surface area contributed by atoms with Crippen molar-refractivity contribution in [2.75, 3.05) is 0 Å². The summed E-state index contributed by atoms with van der Waals surface area (Å²) in [6.07, 6.45) is 0. The molecule has 0 saturated heterocycles. The Morgan fingerprint density at radius 3 is 2.54 bits per heavy atom. The molecule has 13 heavy (non-hydrogen) atoms. The monoisotopic (exact) mass is 198 g/mol. The lowest BCUT2D eigenvalue weighted by atomic mass is 9.93. The molecule has 2 nitrogen and oxygen atoms in total. The van der Waals surface area contributed by atoms with Crippen LogP contribution in [0, 0.1) is 12.8 Å². The number of hydrogen-bond acceptors (Lipinski definition) is 2. The highest BCUT2D eigenvalue weighted by atomic mass is 32.1. The van der Waals surface area contributed by atoms with Crippen molar-refractivity contribution in [1.82, 2.24) is 0 Å². The second-order valence-electron chi connectivity index (χ2n) is 3.38. The quantitative estimate of drug-likeness (QED) is 0.810. The van der Waals surface area contributed by atoms with Gasteiger partial charge in [-0.1, -0.05) is 13.8 Å². The largest absolute Gasteiger partial charge is 0.481 e. The van der Waals surface area contributed by atoms with Gasteiger partial charge in [-0.2, -0.15) is 0 Å². The van der Waals surface area contributed by atoms with E-state index in [2.05, 4.69) is 0 Å². The Balaban J connectivity index is 2.85. The van der Waals surface area contributed by atoms with Gasteiger partial charge in [-0.3, -0.25) is 4.79 Å². The minimum Gasteiger partial charge on any atom is -0.481 e. The van der Waals surface area contributed by atoms with E-state index >= 15 is 0 Å². The van der Waals surface area contributed by atoms with Crippen LogP contribution in [0.3, 0.4) is 0 Å². The molecular weight excluding hydrogens is 184 g/mol. The van der Waals surface area contributed by atoms with E-state index in [9.17, 15) is 4.79 Å². The van der Waals surface area contributed by atoms with E-state index in [0.717, 1.165) is 0 Å². The van der Waals surface area contributed by atoms with Crippen molar-refractivity contribution >= 4 is 17.3 Å². The lowest BCUT2D eigenvalue weighted by molar-refractivity contribution is -0.141. The highest BCUT2D eigenvalue weighted by Crippen LogP contribution is 2.30. The van der Waals surface area contributed by atoms with Gasteiger partial charge in [-0.25, -0.2) is 0 Å². The summed E-state index contributed by atoms with van der Waals surface area (Å²) in [5.41, 5.74) is 1.20.